The average molecular weight is 213 g/mol. The van der Waals surface area contributed by atoms with Gasteiger partial charge in [-0.05, 0) is 18.4 Å². The van der Waals surface area contributed by atoms with Crippen LogP contribution in [0.2, 0.25) is 0 Å². The van der Waals surface area contributed by atoms with Crippen molar-refractivity contribution in [2.75, 3.05) is 6.54 Å². The summed E-state index contributed by atoms with van der Waals surface area (Å²) in [4.78, 5) is 14.0. The SMILES string of the molecule is C=C1C(=O)N2CCC[C@@H]2[C@@H]1c1ccccc1. The summed E-state index contributed by atoms with van der Waals surface area (Å²) in [5.74, 6) is 0.382. The number of carbonyl (C=O) groups excluding carboxylic acids is 1. The van der Waals surface area contributed by atoms with Crippen molar-refractivity contribution >= 4 is 5.91 Å². The zero-order valence-corrected chi connectivity index (χ0v) is 9.23. The molecule has 0 N–H and O–H groups in total. The van der Waals surface area contributed by atoms with E-state index in [1.807, 2.05) is 23.1 Å². The Labute approximate surface area is 95.6 Å². The zero-order valence-electron chi connectivity index (χ0n) is 9.23. The molecular weight excluding hydrogens is 198 g/mol. The molecule has 2 aliphatic rings. The fraction of sp³-hybridized carbons (Fsp3) is 0.357. The fourth-order valence-corrected chi connectivity index (χ4v) is 3.02. The molecule has 3 rings (SSSR count). The molecule has 2 heterocycles. The molecule has 0 aliphatic carbocycles. The molecule has 2 fully saturated rings. The molecule has 2 heteroatoms. The lowest BCUT2D eigenvalue weighted by atomic mass is 9.88. The molecule has 2 saturated heterocycles. The van der Waals surface area contributed by atoms with E-state index in [0.29, 0.717) is 6.04 Å². The van der Waals surface area contributed by atoms with E-state index in [4.69, 9.17) is 0 Å². The van der Waals surface area contributed by atoms with Crippen molar-refractivity contribution in [2.24, 2.45) is 0 Å². The first-order valence-electron chi connectivity index (χ1n) is 5.84. The van der Waals surface area contributed by atoms with Gasteiger partial charge in [0.05, 0.1) is 0 Å². The summed E-state index contributed by atoms with van der Waals surface area (Å²) < 4.78 is 0. The minimum atomic E-state index is 0.163. The number of hydrogen-bond acceptors (Lipinski definition) is 1. The molecule has 0 spiro atoms. The predicted molar refractivity (Wildman–Crippen MR) is 63.1 cm³/mol. The van der Waals surface area contributed by atoms with Crippen LogP contribution in [0.15, 0.2) is 42.5 Å². The van der Waals surface area contributed by atoms with Crippen molar-refractivity contribution in [3.8, 4) is 0 Å². The number of hydrogen-bond donors (Lipinski definition) is 0. The van der Waals surface area contributed by atoms with E-state index in [9.17, 15) is 4.79 Å². The summed E-state index contributed by atoms with van der Waals surface area (Å²) in [6, 6.07) is 10.6. The van der Waals surface area contributed by atoms with Crippen LogP contribution in [0.3, 0.4) is 0 Å². The van der Waals surface area contributed by atoms with Crippen molar-refractivity contribution < 1.29 is 4.79 Å². The first-order valence-corrected chi connectivity index (χ1v) is 5.84. The van der Waals surface area contributed by atoms with Crippen molar-refractivity contribution in [3.05, 3.63) is 48.0 Å². The molecule has 82 valence electrons. The number of rotatable bonds is 1. The zero-order chi connectivity index (χ0) is 11.1. The second-order valence-electron chi connectivity index (χ2n) is 4.62. The lowest BCUT2D eigenvalue weighted by molar-refractivity contribution is -0.125. The van der Waals surface area contributed by atoms with Gasteiger partial charge in [-0.15, -0.1) is 0 Å². The van der Waals surface area contributed by atoms with Crippen molar-refractivity contribution in [3.63, 3.8) is 0 Å². The number of amides is 1. The van der Waals surface area contributed by atoms with E-state index in [2.05, 4.69) is 18.7 Å². The Morgan fingerprint density at radius 2 is 2.00 bits per heavy atom. The molecule has 1 amide bonds. The van der Waals surface area contributed by atoms with Crippen LogP contribution in [0, 0.1) is 0 Å². The van der Waals surface area contributed by atoms with Gasteiger partial charge in [-0.3, -0.25) is 4.79 Å². The van der Waals surface area contributed by atoms with Crippen LogP contribution in [0.4, 0.5) is 0 Å². The molecular formula is C14H15NO. The van der Waals surface area contributed by atoms with E-state index in [1.165, 1.54) is 5.56 Å². The van der Waals surface area contributed by atoms with E-state index >= 15 is 0 Å². The first-order chi connectivity index (χ1) is 7.79. The molecule has 0 radical (unpaired) electrons. The fourth-order valence-electron chi connectivity index (χ4n) is 3.02. The van der Waals surface area contributed by atoms with E-state index in [0.717, 1.165) is 25.0 Å². The summed E-state index contributed by atoms with van der Waals surface area (Å²) in [6.07, 6.45) is 2.25. The molecule has 1 aromatic rings. The van der Waals surface area contributed by atoms with Crippen molar-refractivity contribution in [1.82, 2.24) is 4.90 Å². The van der Waals surface area contributed by atoms with Crippen LogP contribution in [0.5, 0.6) is 0 Å². The quantitative estimate of drug-likeness (QED) is 0.656. The monoisotopic (exact) mass is 213 g/mol. The highest BCUT2D eigenvalue weighted by atomic mass is 16.2. The molecule has 1 aromatic carbocycles. The highest BCUT2D eigenvalue weighted by Crippen LogP contribution is 2.42. The van der Waals surface area contributed by atoms with Crippen molar-refractivity contribution in [2.45, 2.75) is 24.8 Å². The maximum atomic E-state index is 12.0. The smallest absolute Gasteiger partial charge is 0.250 e. The van der Waals surface area contributed by atoms with Gasteiger partial charge in [-0.1, -0.05) is 36.9 Å². The van der Waals surface area contributed by atoms with Crippen LogP contribution in [0.25, 0.3) is 0 Å². The highest BCUT2D eigenvalue weighted by Gasteiger charge is 2.45. The number of nitrogens with zero attached hydrogens (tertiary/aromatic N) is 1. The third kappa shape index (κ3) is 1.22. The maximum Gasteiger partial charge on any atom is 0.250 e. The second kappa shape index (κ2) is 3.48. The Hall–Kier alpha value is -1.57. The molecule has 2 aliphatic heterocycles. The summed E-state index contributed by atoms with van der Waals surface area (Å²) >= 11 is 0. The van der Waals surface area contributed by atoms with E-state index in [1.54, 1.807) is 0 Å². The van der Waals surface area contributed by atoms with Gasteiger partial charge < -0.3 is 4.90 Å². The highest BCUT2D eigenvalue weighted by molar-refractivity contribution is 5.98. The van der Waals surface area contributed by atoms with Gasteiger partial charge in [-0.2, -0.15) is 0 Å². The van der Waals surface area contributed by atoms with Crippen molar-refractivity contribution in [1.29, 1.82) is 0 Å². The standard InChI is InChI=1S/C14H15NO/c1-10-13(11-6-3-2-4-7-11)12-8-5-9-15(12)14(10)16/h2-4,6-7,12-13H,1,5,8-9H2/t12-,13+/m1/s1. The maximum absolute atomic E-state index is 12.0. The lowest BCUT2D eigenvalue weighted by Gasteiger charge is -2.19. The Morgan fingerprint density at radius 1 is 1.25 bits per heavy atom. The van der Waals surface area contributed by atoms with Gasteiger partial charge in [0.2, 0.25) is 5.91 Å². The minimum absolute atomic E-state index is 0.163. The third-order valence-corrected chi connectivity index (χ3v) is 3.75. The number of carbonyl (C=O) groups is 1. The first kappa shape index (κ1) is 9.64. The predicted octanol–water partition coefficient (Wildman–Crippen LogP) is 2.33. The van der Waals surface area contributed by atoms with Gasteiger partial charge in [-0.25, -0.2) is 0 Å². The van der Waals surface area contributed by atoms with E-state index in [-0.39, 0.29) is 11.8 Å². The summed E-state index contributed by atoms with van der Waals surface area (Å²) in [6.45, 7) is 4.89. The van der Waals surface area contributed by atoms with Crippen LogP contribution in [-0.2, 0) is 4.79 Å². The number of fused-ring (bicyclic) bond motifs is 1. The van der Waals surface area contributed by atoms with E-state index < -0.39 is 0 Å². The van der Waals surface area contributed by atoms with Crippen LogP contribution < -0.4 is 0 Å². The Bertz CT molecular complexity index is 437. The minimum Gasteiger partial charge on any atom is -0.335 e. The van der Waals surface area contributed by atoms with Gasteiger partial charge in [0.15, 0.2) is 0 Å². The summed E-state index contributed by atoms with van der Waals surface area (Å²) in [5.41, 5.74) is 2.01. The second-order valence-corrected chi connectivity index (χ2v) is 4.62. The Morgan fingerprint density at radius 3 is 2.75 bits per heavy atom. The molecule has 0 unspecified atom stereocenters. The topological polar surface area (TPSA) is 20.3 Å². The number of benzene rings is 1. The largest absolute Gasteiger partial charge is 0.335 e. The molecule has 0 saturated carbocycles. The molecule has 0 aromatic heterocycles. The molecule has 16 heavy (non-hydrogen) atoms. The normalized spacial score (nSPS) is 28.6. The Kier molecular flexibility index (Phi) is 2.10. The van der Waals surface area contributed by atoms with Gasteiger partial charge >= 0.3 is 0 Å². The van der Waals surface area contributed by atoms with Crippen LogP contribution in [-0.4, -0.2) is 23.4 Å². The van der Waals surface area contributed by atoms with Crippen LogP contribution in [0.1, 0.15) is 24.3 Å². The average Bonchev–Trinajstić information content (AvgIpc) is 2.86. The molecule has 0 bridgehead atoms. The Balaban J connectivity index is 2.01. The summed E-state index contributed by atoms with van der Waals surface area (Å²) in [5, 5.41) is 0. The summed E-state index contributed by atoms with van der Waals surface area (Å²) in [7, 11) is 0. The van der Waals surface area contributed by atoms with Crippen LogP contribution >= 0.6 is 0 Å². The molecule has 2 nitrogen and oxygen atoms in total. The van der Waals surface area contributed by atoms with Gasteiger partial charge in [0, 0.05) is 24.1 Å². The third-order valence-electron chi connectivity index (χ3n) is 3.75. The molecule has 2 atom stereocenters. The lowest BCUT2D eigenvalue weighted by Crippen LogP contribution is -2.28. The van der Waals surface area contributed by atoms with Gasteiger partial charge in [0.25, 0.3) is 0 Å². The van der Waals surface area contributed by atoms with Gasteiger partial charge in [0.1, 0.15) is 0 Å².